The second-order valence-electron chi connectivity index (χ2n) is 18.1. The van der Waals surface area contributed by atoms with Crippen LogP contribution in [0.4, 0.5) is 17.1 Å². The first-order chi connectivity index (χ1) is 29.8. The lowest BCUT2D eigenvalue weighted by Gasteiger charge is -2.28. The van der Waals surface area contributed by atoms with Gasteiger partial charge in [-0.2, -0.15) is 0 Å². The smallest absolute Gasteiger partial charge is 0.0465 e. The molecule has 0 saturated heterocycles. The number of hydrogen-bond acceptors (Lipinski definition) is 1. The summed E-state index contributed by atoms with van der Waals surface area (Å²) in [5.41, 5.74) is 19.1. The Labute approximate surface area is 358 Å². The molecule has 12 rings (SSSR count). The maximum Gasteiger partial charge on any atom is 0.0465 e. The van der Waals surface area contributed by atoms with Crippen LogP contribution in [0.5, 0.6) is 0 Å². The molecule has 2 aliphatic carbocycles. The van der Waals surface area contributed by atoms with E-state index in [1.165, 1.54) is 99.1 Å². The lowest BCUT2D eigenvalue weighted by atomic mass is 9.79. The van der Waals surface area contributed by atoms with Crippen LogP contribution in [-0.4, -0.2) is 0 Å². The molecule has 0 amide bonds. The molecule has 1 nitrogen and oxygen atoms in total. The maximum absolute atomic E-state index is 2.51. The molecule has 10 aromatic rings. The summed E-state index contributed by atoms with van der Waals surface area (Å²) in [6, 6.07) is 74.8. The highest BCUT2D eigenvalue weighted by atomic mass is 15.1. The van der Waals surface area contributed by atoms with Gasteiger partial charge in [-0.05, 0) is 160 Å². The molecule has 290 valence electrons. The van der Waals surface area contributed by atoms with Gasteiger partial charge < -0.3 is 4.90 Å². The molecule has 0 aliphatic heterocycles. The average Bonchev–Trinajstić information content (AvgIpc) is 3.66. The van der Waals surface area contributed by atoms with Crippen LogP contribution in [0.2, 0.25) is 0 Å². The molecule has 0 aromatic heterocycles. The van der Waals surface area contributed by atoms with E-state index < -0.39 is 0 Å². The van der Waals surface area contributed by atoms with Gasteiger partial charge in [-0.15, -0.1) is 0 Å². The second-order valence-corrected chi connectivity index (χ2v) is 18.1. The van der Waals surface area contributed by atoms with Gasteiger partial charge in [0, 0.05) is 27.9 Å². The summed E-state index contributed by atoms with van der Waals surface area (Å²) >= 11 is 0. The summed E-state index contributed by atoms with van der Waals surface area (Å²) in [7, 11) is 0. The first-order valence-electron chi connectivity index (χ1n) is 21.6. The van der Waals surface area contributed by atoms with Gasteiger partial charge in [0.25, 0.3) is 0 Å². The van der Waals surface area contributed by atoms with Gasteiger partial charge >= 0.3 is 0 Å². The predicted octanol–water partition coefficient (Wildman–Crippen LogP) is 16.6. The molecule has 0 bridgehead atoms. The standard InChI is InChI=1S/C60H45N/c1-59(2)53-26-16-15-23-45(53)50-35-40(28-32-54(50)59)57-48-24-13-14-25-49(48)58(52-34-39-18-12-11-17-38(39)33-51(52)57)41-27-30-46-47-31-29-44(37-56(47)60(3,4)55(46)36-41)61(42-19-7-5-8-20-42)43-21-9-6-10-22-43/h5-37H,1-4H3. The van der Waals surface area contributed by atoms with Crippen LogP contribution in [-0.2, 0) is 10.8 Å². The number of benzene rings is 10. The number of rotatable bonds is 5. The van der Waals surface area contributed by atoms with E-state index in [4.69, 9.17) is 0 Å². The third-order valence-electron chi connectivity index (χ3n) is 14.0. The van der Waals surface area contributed by atoms with Crippen molar-refractivity contribution in [1.82, 2.24) is 0 Å². The molecule has 10 aromatic carbocycles. The van der Waals surface area contributed by atoms with Gasteiger partial charge in [0.05, 0.1) is 0 Å². The highest BCUT2D eigenvalue weighted by Gasteiger charge is 2.38. The fourth-order valence-corrected chi connectivity index (χ4v) is 11.0. The zero-order valence-electron chi connectivity index (χ0n) is 35.0. The summed E-state index contributed by atoms with van der Waals surface area (Å²) in [6.07, 6.45) is 0. The van der Waals surface area contributed by atoms with Gasteiger partial charge in [0.2, 0.25) is 0 Å². The minimum absolute atomic E-state index is 0.0413. The van der Waals surface area contributed by atoms with E-state index in [2.05, 4.69) is 233 Å². The Hall–Kier alpha value is -7.22. The Bertz CT molecular complexity index is 3370. The van der Waals surface area contributed by atoms with Crippen molar-refractivity contribution in [3.63, 3.8) is 0 Å². The quantitative estimate of drug-likeness (QED) is 0.157. The van der Waals surface area contributed by atoms with Crippen molar-refractivity contribution in [3.8, 4) is 44.5 Å². The number of hydrogen-bond donors (Lipinski definition) is 0. The maximum atomic E-state index is 2.51. The van der Waals surface area contributed by atoms with Gasteiger partial charge in [0.15, 0.2) is 0 Å². The largest absolute Gasteiger partial charge is 0.310 e. The van der Waals surface area contributed by atoms with Gasteiger partial charge in [-0.1, -0.05) is 167 Å². The zero-order chi connectivity index (χ0) is 41.0. The molecule has 0 spiro atoms. The molecule has 0 fully saturated rings. The Kier molecular flexibility index (Phi) is 7.69. The molecule has 0 atom stereocenters. The first kappa shape index (κ1) is 35.7. The molecule has 2 aliphatic rings. The van der Waals surface area contributed by atoms with Gasteiger partial charge in [-0.3, -0.25) is 0 Å². The first-order valence-corrected chi connectivity index (χ1v) is 21.6. The molecule has 61 heavy (non-hydrogen) atoms. The number of anilines is 3. The Morgan fingerprint density at radius 1 is 0.295 bits per heavy atom. The third kappa shape index (κ3) is 5.26. The Morgan fingerprint density at radius 2 is 0.754 bits per heavy atom. The summed E-state index contributed by atoms with van der Waals surface area (Å²) in [6.45, 7) is 9.53. The Balaban J connectivity index is 1.06. The van der Waals surface area contributed by atoms with E-state index in [-0.39, 0.29) is 10.8 Å². The van der Waals surface area contributed by atoms with E-state index in [1.807, 2.05) is 0 Å². The van der Waals surface area contributed by atoms with Crippen LogP contribution in [0, 0.1) is 0 Å². The number of nitrogens with zero attached hydrogens (tertiary/aromatic N) is 1. The van der Waals surface area contributed by atoms with Crippen LogP contribution in [0.3, 0.4) is 0 Å². The number of para-hydroxylation sites is 2. The van der Waals surface area contributed by atoms with Crippen molar-refractivity contribution < 1.29 is 0 Å². The van der Waals surface area contributed by atoms with Crippen molar-refractivity contribution in [2.24, 2.45) is 0 Å². The summed E-state index contributed by atoms with van der Waals surface area (Å²) in [5.74, 6) is 0. The predicted molar refractivity (Wildman–Crippen MR) is 260 cm³/mol. The highest BCUT2D eigenvalue weighted by Crippen LogP contribution is 2.54. The van der Waals surface area contributed by atoms with Crippen molar-refractivity contribution >= 4 is 49.4 Å². The third-order valence-corrected chi connectivity index (χ3v) is 14.0. The normalized spacial score (nSPS) is 14.2. The molecule has 0 heterocycles. The van der Waals surface area contributed by atoms with Gasteiger partial charge in [-0.25, -0.2) is 0 Å². The number of fused-ring (bicyclic) bond motifs is 9. The monoisotopic (exact) mass is 779 g/mol. The van der Waals surface area contributed by atoms with E-state index in [9.17, 15) is 0 Å². The van der Waals surface area contributed by atoms with E-state index in [0.29, 0.717) is 0 Å². The molecular weight excluding hydrogens is 735 g/mol. The van der Waals surface area contributed by atoms with Crippen LogP contribution in [0.15, 0.2) is 200 Å². The fraction of sp³-hybridized carbons (Fsp3) is 0.100. The molecule has 0 saturated carbocycles. The van der Waals surface area contributed by atoms with Gasteiger partial charge in [0.1, 0.15) is 0 Å². The second kappa shape index (κ2) is 13.1. The minimum atomic E-state index is -0.220. The van der Waals surface area contributed by atoms with E-state index in [1.54, 1.807) is 0 Å². The summed E-state index contributed by atoms with van der Waals surface area (Å²) in [4.78, 5) is 2.37. The minimum Gasteiger partial charge on any atom is -0.310 e. The van der Waals surface area contributed by atoms with Crippen LogP contribution in [0.1, 0.15) is 49.9 Å². The summed E-state index contributed by atoms with van der Waals surface area (Å²) < 4.78 is 0. The van der Waals surface area contributed by atoms with E-state index in [0.717, 1.165) is 17.1 Å². The van der Waals surface area contributed by atoms with Crippen molar-refractivity contribution in [1.29, 1.82) is 0 Å². The zero-order valence-corrected chi connectivity index (χ0v) is 35.0. The fourth-order valence-electron chi connectivity index (χ4n) is 11.0. The van der Waals surface area contributed by atoms with Crippen molar-refractivity contribution in [2.75, 3.05) is 4.90 Å². The SMILES string of the molecule is CC1(C)c2ccccc2-c2cc(-c3c4ccccc4c(-c4ccc5c(c4)C(C)(C)c4cc(N(c6ccccc6)c6ccccc6)ccc4-5)c4cc5ccccc5cc34)ccc21. The van der Waals surface area contributed by atoms with Crippen molar-refractivity contribution in [3.05, 3.63) is 222 Å². The highest BCUT2D eigenvalue weighted by molar-refractivity contribution is 6.24. The lowest BCUT2D eigenvalue weighted by Crippen LogP contribution is -2.16. The topological polar surface area (TPSA) is 3.24 Å². The van der Waals surface area contributed by atoms with E-state index >= 15 is 0 Å². The lowest BCUT2D eigenvalue weighted by molar-refractivity contribution is 0.660. The van der Waals surface area contributed by atoms with Crippen LogP contribution < -0.4 is 4.90 Å². The molecule has 1 heteroatoms. The van der Waals surface area contributed by atoms with Crippen LogP contribution in [0.25, 0.3) is 76.8 Å². The average molecular weight is 780 g/mol. The van der Waals surface area contributed by atoms with Crippen molar-refractivity contribution in [2.45, 2.75) is 38.5 Å². The summed E-state index contributed by atoms with van der Waals surface area (Å²) in [5, 5.41) is 7.63. The molecule has 0 unspecified atom stereocenters. The molecule has 0 N–H and O–H groups in total. The molecule has 0 radical (unpaired) electrons. The van der Waals surface area contributed by atoms with Crippen LogP contribution >= 0.6 is 0 Å². The molecular formula is C60H45N. The Morgan fingerprint density at radius 3 is 1.39 bits per heavy atom.